The summed E-state index contributed by atoms with van der Waals surface area (Å²) in [7, 11) is 0. The van der Waals surface area contributed by atoms with E-state index < -0.39 is 0 Å². The van der Waals surface area contributed by atoms with Crippen molar-refractivity contribution in [3.63, 3.8) is 0 Å². The molecule has 0 amide bonds. The lowest BCUT2D eigenvalue weighted by Crippen LogP contribution is -2.47. The van der Waals surface area contributed by atoms with Gasteiger partial charge in [0.1, 0.15) is 5.78 Å². The fourth-order valence-corrected chi connectivity index (χ4v) is 8.04. The number of rotatable bonds is 2. The average molecular weight is 379 g/mol. The average Bonchev–Trinajstić information content (AvgIpc) is 2.91. The number of nitrogens with one attached hydrogen (secondary N) is 2. The number of halogens is 1. The van der Waals surface area contributed by atoms with E-state index >= 15 is 0 Å². The molecule has 0 aromatic carbocycles. The molecule has 3 nitrogen and oxygen atoms in total. The number of carbonyl (C=O) groups is 1. The lowest BCUT2D eigenvalue weighted by atomic mass is 9.65. The molecule has 1 aliphatic carbocycles. The number of fused-ring (bicyclic) bond motifs is 1. The first-order valence-electron chi connectivity index (χ1n) is 7.26. The molecule has 3 fully saturated rings. The summed E-state index contributed by atoms with van der Waals surface area (Å²) < 4.78 is 0.440. The fourth-order valence-electron chi connectivity index (χ4n) is 4.01. The number of hydrogen-bond donors (Lipinski definition) is 2. The number of Topliss-reactive ketones (excluding diaryl/α,β-unsaturated/α-hetero) is 1. The number of thioether (sulfide) groups is 2. The number of carbonyl (C=O) groups excluding carboxylic acids is 1. The molecule has 20 heavy (non-hydrogen) atoms. The zero-order valence-corrected chi connectivity index (χ0v) is 15.4. The van der Waals surface area contributed by atoms with Gasteiger partial charge in [0.05, 0.1) is 4.58 Å². The van der Waals surface area contributed by atoms with E-state index in [4.69, 9.17) is 0 Å². The zero-order valence-electron chi connectivity index (χ0n) is 12.2. The first-order chi connectivity index (χ1) is 9.43. The maximum Gasteiger partial charge on any atom is 0.138 e. The van der Waals surface area contributed by atoms with Crippen LogP contribution in [-0.4, -0.2) is 39.3 Å². The van der Waals surface area contributed by atoms with Gasteiger partial charge in [-0.1, -0.05) is 29.8 Å². The minimum Gasteiger partial charge on any atom is -0.299 e. The second-order valence-corrected chi connectivity index (χ2v) is 10.8. The van der Waals surface area contributed by atoms with E-state index in [2.05, 4.69) is 46.9 Å². The minimum absolute atomic E-state index is 0.165. The van der Waals surface area contributed by atoms with E-state index in [0.29, 0.717) is 32.4 Å². The topological polar surface area (TPSA) is 41.1 Å². The van der Waals surface area contributed by atoms with Gasteiger partial charge in [-0.05, 0) is 24.0 Å². The van der Waals surface area contributed by atoms with E-state index in [1.165, 1.54) is 6.42 Å². The summed E-state index contributed by atoms with van der Waals surface area (Å²) in [5, 5.41) is 0.528. The number of hydrazine groups is 1. The largest absolute Gasteiger partial charge is 0.299 e. The number of hydrogen-bond acceptors (Lipinski definition) is 5. The van der Waals surface area contributed by atoms with Crippen molar-refractivity contribution in [1.82, 2.24) is 10.9 Å². The summed E-state index contributed by atoms with van der Waals surface area (Å²) in [4.78, 5) is 13.1. The second kappa shape index (κ2) is 5.76. The maximum absolute atomic E-state index is 12.6. The van der Waals surface area contributed by atoms with Crippen LogP contribution in [0.25, 0.3) is 0 Å². The van der Waals surface area contributed by atoms with Gasteiger partial charge < -0.3 is 0 Å². The first kappa shape index (κ1) is 15.7. The minimum atomic E-state index is 0.165. The van der Waals surface area contributed by atoms with Crippen molar-refractivity contribution in [3.8, 4) is 0 Å². The molecule has 6 heteroatoms. The first-order valence-corrected chi connectivity index (χ1v) is 10.4. The van der Waals surface area contributed by atoms with Gasteiger partial charge in [0.25, 0.3) is 0 Å². The van der Waals surface area contributed by atoms with Crippen LogP contribution in [0.2, 0.25) is 0 Å². The predicted molar refractivity (Wildman–Crippen MR) is 91.3 cm³/mol. The van der Waals surface area contributed by atoms with Crippen LogP contribution in [0.1, 0.15) is 26.7 Å². The molecule has 2 aliphatic heterocycles. The van der Waals surface area contributed by atoms with Crippen LogP contribution in [0.15, 0.2) is 0 Å². The van der Waals surface area contributed by atoms with Crippen LogP contribution in [0.3, 0.4) is 0 Å². The molecule has 6 atom stereocenters. The van der Waals surface area contributed by atoms with Gasteiger partial charge in [-0.15, -0.1) is 11.8 Å². The summed E-state index contributed by atoms with van der Waals surface area (Å²) in [6.07, 6.45) is 4.08. The molecule has 1 saturated carbocycles. The molecular formula is C14H23BrN2OS2. The van der Waals surface area contributed by atoms with Crippen molar-refractivity contribution < 1.29 is 4.79 Å². The summed E-state index contributed by atoms with van der Waals surface area (Å²) >= 11 is 7.68. The molecule has 6 unspecified atom stereocenters. The number of alkyl halides is 1. The molecule has 114 valence electrons. The Hall–Kier alpha value is 0.770. The summed E-state index contributed by atoms with van der Waals surface area (Å²) in [5.41, 5.74) is 6.85. The third-order valence-electron chi connectivity index (χ3n) is 4.82. The summed E-state index contributed by atoms with van der Waals surface area (Å²) in [6.45, 7) is 5.46. The smallest absolute Gasteiger partial charge is 0.138 e. The van der Waals surface area contributed by atoms with Gasteiger partial charge in [0.2, 0.25) is 0 Å². The van der Waals surface area contributed by atoms with Crippen LogP contribution < -0.4 is 10.9 Å². The number of ketones is 1. The van der Waals surface area contributed by atoms with E-state index in [9.17, 15) is 4.79 Å². The van der Waals surface area contributed by atoms with Gasteiger partial charge in [-0.25, -0.2) is 0 Å². The Morgan fingerprint density at radius 1 is 1.45 bits per heavy atom. The normalized spacial score (nSPS) is 47.5. The fraction of sp³-hybridized carbons (Fsp3) is 0.929. The standard InChI is InChI=1S/C14H23BrN2OS2/c1-14(2)4-7-10(9(18)5-14)13(19-3)20-12(7)11-8(15)6-16-17-11/h7-8,10-13,16-17H,4-6H2,1-3H3. The zero-order chi connectivity index (χ0) is 14.5. The Bertz CT molecular complexity index is 407. The lowest BCUT2D eigenvalue weighted by molar-refractivity contribution is -0.129. The van der Waals surface area contributed by atoms with Gasteiger partial charge in [0, 0.05) is 35.0 Å². The Morgan fingerprint density at radius 3 is 2.80 bits per heavy atom. The highest BCUT2D eigenvalue weighted by Gasteiger charge is 2.55. The Morgan fingerprint density at radius 2 is 2.20 bits per heavy atom. The quantitative estimate of drug-likeness (QED) is 0.722. The van der Waals surface area contributed by atoms with Crippen molar-refractivity contribution in [2.75, 3.05) is 12.8 Å². The van der Waals surface area contributed by atoms with Crippen molar-refractivity contribution in [2.45, 2.75) is 47.4 Å². The van der Waals surface area contributed by atoms with Gasteiger partial charge >= 0.3 is 0 Å². The Kier molecular flexibility index (Phi) is 4.51. The lowest BCUT2D eigenvalue weighted by Gasteiger charge is -2.40. The highest BCUT2D eigenvalue weighted by Crippen LogP contribution is 2.57. The maximum atomic E-state index is 12.6. The predicted octanol–water partition coefficient (Wildman–Crippen LogP) is 2.65. The van der Waals surface area contributed by atoms with E-state index in [0.717, 1.165) is 13.0 Å². The summed E-state index contributed by atoms with van der Waals surface area (Å²) in [5.74, 6) is 1.28. The monoisotopic (exact) mass is 378 g/mol. The molecule has 2 heterocycles. The third kappa shape index (κ3) is 2.71. The van der Waals surface area contributed by atoms with Crippen LogP contribution in [-0.2, 0) is 4.79 Å². The highest BCUT2D eigenvalue weighted by atomic mass is 79.9. The van der Waals surface area contributed by atoms with Crippen molar-refractivity contribution in [2.24, 2.45) is 17.3 Å². The molecule has 0 spiro atoms. The third-order valence-corrected chi connectivity index (χ3v) is 8.90. The van der Waals surface area contributed by atoms with E-state index in [1.54, 1.807) is 0 Å². The molecule has 2 N–H and O–H groups in total. The molecule has 0 radical (unpaired) electrons. The molecular weight excluding hydrogens is 356 g/mol. The molecule has 2 saturated heterocycles. The van der Waals surface area contributed by atoms with Crippen molar-refractivity contribution >= 4 is 45.2 Å². The van der Waals surface area contributed by atoms with Crippen LogP contribution >= 0.6 is 39.5 Å². The van der Waals surface area contributed by atoms with E-state index in [1.807, 2.05) is 23.5 Å². The van der Waals surface area contributed by atoms with Gasteiger partial charge in [0.15, 0.2) is 0 Å². The van der Waals surface area contributed by atoms with Crippen molar-refractivity contribution in [1.29, 1.82) is 0 Å². The van der Waals surface area contributed by atoms with Crippen LogP contribution in [0.4, 0.5) is 0 Å². The van der Waals surface area contributed by atoms with Crippen LogP contribution in [0.5, 0.6) is 0 Å². The summed E-state index contributed by atoms with van der Waals surface area (Å²) in [6, 6.07) is 0.423. The second-order valence-electron chi connectivity index (χ2n) is 6.97. The Balaban J connectivity index is 1.86. The van der Waals surface area contributed by atoms with Crippen molar-refractivity contribution in [3.05, 3.63) is 0 Å². The highest BCUT2D eigenvalue weighted by molar-refractivity contribution is 9.09. The molecule has 0 bridgehead atoms. The Labute approximate surface area is 138 Å². The van der Waals surface area contributed by atoms with E-state index in [-0.39, 0.29) is 11.3 Å². The van der Waals surface area contributed by atoms with Gasteiger partial charge in [-0.2, -0.15) is 11.8 Å². The van der Waals surface area contributed by atoms with Gasteiger partial charge in [-0.3, -0.25) is 15.6 Å². The molecule has 0 aromatic rings. The molecule has 0 aromatic heterocycles. The molecule has 3 rings (SSSR count). The SMILES string of the molecule is CSC1SC(C2NNCC2Br)C2CC(C)(C)CC(=O)C12. The molecule has 3 aliphatic rings. The van der Waals surface area contributed by atoms with Crippen LogP contribution in [0, 0.1) is 17.3 Å².